The van der Waals surface area contributed by atoms with Gasteiger partial charge < -0.3 is 0 Å². The molecule has 0 saturated carbocycles. The van der Waals surface area contributed by atoms with Crippen molar-refractivity contribution in [3.05, 3.63) is 23.9 Å². The Hall–Kier alpha value is -1.18. The van der Waals surface area contributed by atoms with E-state index in [0.29, 0.717) is 11.8 Å². The van der Waals surface area contributed by atoms with Crippen LogP contribution < -0.4 is 0 Å². The maximum absolute atomic E-state index is 10.2. The van der Waals surface area contributed by atoms with Gasteiger partial charge in [0, 0.05) is 6.20 Å². The van der Waals surface area contributed by atoms with Gasteiger partial charge in [-0.3, -0.25) is 9.79 Å². The van der Waals surface area contributed by atoms with Gasteiger partial charge in [-0.25, -0.2) is 0 Å². The van der Waals surface area contributed by atoms with Crippen LogP contribution in [0.25, 0.3) is 0 Å². The number of rotatable bonds is 6. The van der Waals surface area contributed by atoms with E-state index < -0.39 is 0 Å². The number of allylic oxidation sites excluding steroid dienone is 3. The molecule has 0 aromatic carbocycles. The topological polar surface area (TPSA) is 29.4 Å². The molecule has 0 spiro atoms. The van der Waals surface area contributed by atoms with Crippen molar-refractivity contribution >= 4 is 13.0 Å². The fourth-order valence-electron chi connectivity index (χ4n) is 1.61. The van der Waals surface area contributed by atoms with Crippen LogP contribution in [0.4, 0.5) is 0 Å². The average molecular weight is 193 g/mol. The second-order valence-corrected chi connectivity index (χ2v) is 3.57. The molecule has 1 atom stereocenters. The van der Waals surface area contributed by atoms with Crippen LogP contribution in [0.15, 0.2) is 28.9 Å². The Morgan fingerprint density at radius 3 is 2.50 bits per heavy atom. The van der Waals surface area contributed by atoms with Crippen molar-refractivity contribution in [1.82, 2.24) is 0 Å². The molecule has 0 saturated heterocycles. The predicted molar refractivity (Wildman–Crippen MR) is 61.5 cm³/mol. The molecule has 0 aromatic heterocycles. The van der Waals surface area contributed by atoms with Crippen LogP contribution in [0, 0.1) is 11.8 Å². The molecule has 0 rings (SSSR count). The van der Waals surface area contributed by atoms with Crippen LogP contribution >= 0.6 is 0 Å². The monoisotopic (exact) mass is 193 g/mol. The lowest BCUT2D eigenvalue weighted by molar-refractivity contribution is -0.104. The van der Waals surface area contributed by atoms with Crippen LogP contribution in [0.5, 0.6) is 0 Å². The molecule has 78 valence electrons. The molecule has 0 amide bonds. The Morgan fingerprint density at radius 2 is 2.14 bits per heavy atom. The quantitative estimate of drug-likeness (QED) is 0.276. The molecule has 2 nitrogen and oxygen atoms in total. The third kappa shape index (κ3) is 4.17. The predicted octanol–water partition coefficient (Wildman–Crippen LogP) is 3.01. The number of hydrogen-bond donors (Lipinski definition) is 0. The van der Waals surface area contributed by atoms with Crippen molar-refractivity contribution in [3.63, 3.8) is 0 Å². The minimum atomic E-state index is 0.441. The van der Waals surface area contributed by atoms with Gasteiger partial charge in [-0.1, -0.05) is 26.8 Å². The molecule has 0 fully saturated rings. The zero-order chi connectivity index (χ0) is 11.0. The van der Waals surface area contributed by atoms with Crippen LogP contribution in [-0.4, -0.2) is 13.0 Å². The van der Waals surface area contributed by atoms with Crippen LogP contribution in [0.1, 0.15) is 27.2 Å². The third-order valence-corrected chi connectivity index (χ3v) is 2.28. The number of aldehydes is 1. The van der Waals surface area contributed by atoms with Gasteiger partial charge in [-0.2, -0.15) is 0 Å². The summed E-state index contributed by atoms with van der Waals surface area (Å²) in [6, 6.07) is 0. The fourth-order valence-corrected chi connectivity index (χ4v) is 1.61. The lowest BCUT2D eigenvalue weighted by Crippen LogP contribution is -2.09. The summed E-state index contributed by atoms with van der Waals surface area (Å²) in [6.07, 6.45) is 6.87. The summed E-state index contributed by atoms with van der Waals surface area (Å²) in [5.74, 6) is 0.987. The highest BCUT2D eigenvalue weighted by Gasteiger charge is 2.13. The van der Waals surface area contributed by atoms with E-state index in [9.17, 15) is 4.79 Å². The summed E-state index contributed by atoms with van der Waals surface area (Å²) >= 11 is 0. The highest BCUT2D eigenvalue weighted by molar-refractivity contribution is 5.65. The minimum Gasteiger partial charge on any atom is -0.299 e. The van der Waals surface area contributed by atoms with Crippen LogP contribution in [0.2, 0.25) is 0 Å². The van der Waals surface area contributed by atoms with Crippen LogP contribution in [0.3, 0.4) is 0 Å². The summed E-state index contributed by atoms with van der Waals surface area (Å²) in [4.78, 5) is 14.0. The minimum absolute atomic E-state index is 0.441. The van der Waals surface area contributed by atoms with E-state index >= 15 is 0 Å². The molecule has 14 heavy (non-hydrogen) atoms. The summed E-state index contributed by atoms with van der Waals surface area (Å²) in [6.45, 7) is 9.90. The van der Waals surface area contributed by atoms with Crippen molar-refractivity contribution in [2.75, 3.05) is 0 Å². The summed E-state index contributed by atoms with van der Waals surface area (Å²) < 4.78 is 0. The zero-order valence-corrected chi connectivity index (χ0v) is 9.23. The highest BCUT2D eigenvalue weighted by Crippen LogP contribution is 2.24. The fraction of sp³-hybridized carbons (Fsp3) is 0.500. The van der Waals surface area contributed by atoms with E-state index in [1.165, 1.54) is 6.08 Å². The average Bonchev–Trinajstić information content (AvgIpc) is 2.14. The molecular weight excluding hydrogens is 174 g/mol. The Balaban J connectivity index is 4.78. The molecule has 0 aliphatic rings. The van der Waals surface area contributed by atoms with Gasteiger partial charge in [0.05, 0.1) is 0 Å². The molecule has 0 aromatic rings. The number of carbonyl (C=O) groups excluding carboxylic acids is 1. The van der Waals surface area contributed by atoms with E-state index in [1.807, 2.05) is 6.08 Å². The summed E-state index contributed by atoms with van der Waals surface area (Å²) in [5, 5.41) is 0. The van der Waals surface area contributed by atoms with Gasteiger partial charge >= 0.3 is 0 Å². The van der Waals surface area contributed by atoms with Gasteiger partial charge in [-0.05, 0) is 36.6 Å². The van der Waals surface area contributed by atoms with E-state index in [-0.39, 0.29) is 0 Å². The third-order valence-electron chi connectivity index (χ3n) is 2.28. The van der Waals surface area contributed by atoms with Gasteiger partial charge in [0.25, 0.3) is 0 Å². The van der Waals surface area contributed by atoms with E-state index in [0.717, 1.165) is 18.3 Å². The van der Waals surface area contributed by atoms with E-state index in [1.54, 1.807) is 6.20 Å². The van der Waals surface area contributed by atoms with Crippen molar-refractivity contribution < 1.29 is 4.79 Å². The second-order valence-electron chi connectivity index (χ2n) is 3.57. The van der Waals surface area contributed by atoms with Gasteiger partial charge in [-0.15, -0.1) is 0 Å². The summed E-state index contributed by atoms with van der Waals surface area (Å²) in [7, 11) is 0. The Kier molecular flexibility index (Phi) is 6.63. The molecule has 0 aliphatic carbocycles. The molecule has 0 bridgehead atoms. The second kappa shape index (κ2) is 7.25. The number of nitrogens with zero attached hydrogens (tertiary/aromatic N) is 1. The first-order valence-corrected chi connectivity index (χ1v) is 4.95. The molecule has 0 aliphatic heterocycles. The van der Waals surface area contributed by atoms with Crippen LogP contribution in [-0.2, 0) is 4.79 Å². The van der Waals surface area contributed by atoms with Gasteiger partial charge in [0.2, 0.25) is 0 Å². The zero-order valence-electron chi connectivity index (χ0n) is 9.23. The van der Waals surface area contributed by atoms with E-state index in [4.69, 9.17) is 0 Å². The lowest BCUT2D eigenvalue weighted by Gasteiger charge is -2.19. The van der Waals surface area contributed by atoms with Crippen molar-refractivity contribution in [1.29, 1.82) is 0 Å². The van der Waals surface area contributed by atoms with Gasteiger partial charge in [0.15, 0.2) is 0 Å². The number of aliphatic imine (C=N–C) groups is 1. The van der Waals surface area contributed by atoms with Crippen molar-refractivity contribution in [2.45, 2.75) is 27.2 Å². The highest BCUT2D eigenvalue weighted by atomic mass is 16.1. The maximum Gasteiger partial charge on any atom is 0.142 e. The molecule has 2 heteroatoms. The molecule has 1 unspecified atom stereocenters. The Labute approximate surface area is 86.4 Å². The number of carbonyl (C=O) groups is 1. The molecule has 0 radical (unpaired) electrons. The van der Waals surface area contributed by atoms with Crippen molar-refractivity contribution in [2.24, 2.45) is 16.8 Å². The summed E-state index contributed by atoms with van der Waals surface area (Å²) in [5.41, 5.74) is 1.07. The van der Waals surface area contributed by atoms with Gasteiger partial charge in [0.1, 0.15) is 6.29 Å². The van der Waals surface area contributed by atoms with Crippen molar-refractivity contribution in [3.8, 4) is 0 Å². The van der Waals surface area contributed by atoms with E-state index in [2.05, 4.69) is 32.5 Å². The Bertz CT molecular complexity index is 239. The molecular formula is C12H19NO. The number of hydrogen-bond acceptors (Lipinski definition) is 2. The normalized spacial score (nSPS) is 14.7. The molecule has 0 N–H and O–H groups in total. The first kappa shape index (κ1) is 12.8. The SMILES string of the molecule is C=N/C=C(/C=C\C=O)C(CC)C(C)C. The largest absolute Gasteiger partial charge is 0.299 e. The first-order valence-electron chi connectivity index (χ1n) is 4.95. The lowest BCUT2D eigenvalue weighted by atomic mass is 9.86. The Morgan fingerprint density at radius 1 is 1.50 bits per heavy atom. The maximum atomic E-state index is 10.2. The standard InChI is InChI=1S/C12H19NO/c1-5-12(10(2)3)11(9-13-4)7-6-8-14/h6-10,12H,4-5H2,1-3H3/b7-6-,11-9-. The molecule has 0 heterocycles. The first-order chi connectivity index (χ1) is 6.67. The smallest absolute Gasteiger partial charge is 0.142 e.